The summed E-state index contributed by atoms with van der Waals surface area (Å²) < 4.78 is 39.7. The Kier molecular flexibility index (Phi) is 6.06. The maximum atomic E-state index is 12.6. The second kappa shape index (κ2) is 8.68. The molecule has 4 rings (SSSR count). The molecule has 1 N–H and O–H groups in total. The third-order valence-electron chi connectivity index (χ3n) is 4.75. The first-order chi connectivity index (χ1) is 15.5. The fourth-order valence-corrected chi connectivity index (χ4v) is 4.75. The van der Waals surface area contributed by atoms with Gasteiger partial charge in [-0.1, -0.05) is 23.7 Å². The molecule has 0 radical (unpaired) electrons. The lowest BCUT2D eigenvalue weighted by atomic mass is 10.1. The highest BCUT2D eigenvalue weighted by Crippen LogP contribution is 2.36. The molecule has 0 aliphatic carbocycles. The Bertz CT molecular complexity index is 1270. The lowest BCUT2D eigenvalue weighted by molar-refractivity contribution is -0.122. The number of ether oxygens (including phenoxy) is 2. The summed E-state index contributed by atoms with van der Waals surface area (Å²) in [4.78, 5) is 12.5. The first-order valence-electron chi connectivity index (χ1n) is 10.2. The Balaban J connectivity index is 1.66. The monoisotopic (exact) mass is 490 g/mol. The molecule has 9 nitrogen and oxygen atoms in total. The van der Waals surface area contributed by atoms with Crippen LogP contribution in [0.5, 0.6) is 11.5 Å². The molecule has 0 saturated heterocycles. The Hall–Kier alpha value is -3.11. The zero-order valence-electron chi connectivity index (χ0n) is 18.3. The number of amides is 1. The van der Waals surface area contributed by atoms with Crippen molar-refractivity contribution in [2.45, 2.75) is 37.6 Å². The molecular formula is C22H23ClN4O5S. The predicted molar refractivity (Wildman–Crippen MR) is 125 cm³/mol. The average Bonchev–Trinajstić information content (AvgIpc) is 3.28. The maximum absolute atomic E-state index is 12.6. The van der Waals surface area contributed by atoms with E-state index in [9.17, 15) is 13.2 Å². The van der Waals surface area contributed by atoms with Crippen molar-refractivity contribution in [3.05, 3.63) is 52.5 Å². The van der Waals surface area contributed by atoms with Gasteiger partial charge in [-0.05, 0) is 39.0 Å². The SMILES string of the molecule is CC(C)(C)NC(=O)CCN(N=Cc1cc2c(cc1Cl)OCO2)C1=NS(=O)(=O)c2ccccc21. The standard InChI is InChI=1S/C22H23ClN4O5S/c1-22(2,3)25-20(28)8-9-27(21-15-6-4-5-7-19(15)33(29,30)26-21)24-12-14-10-17-18(11-16(14)23)32-13-31-17/h4-7,10-12H,8-9,13H2,1-3H3,(H,25,28). The summed E-state index contributed by atoms with van der Waals surface area (Å²) in [6.45, 7) is 5.85. The van der Waals surface area contributed by atoms with Crippen LogP contribution in [0.25, 0.3) is 0 Å². The van der Waals surface area contributed by atoms with E-state index in [1.54, 1.807) is 30.3 Å². The molecule has 33 heavy (non-hydrogen) atoms. The van der Waals surface area contributed by atoms with Crippen molar-refractivity contribution in [2.75, 3.05) is 13.3 Å². The number of sulfonamides is 1. The van der Waals surface area contributed by atoms with E-state index in [1.165, 1.54) is 17.3 Å². The normalized spacial score (nSPS) is 15.9. The fourth-order valence-electron chi connectivity index (χ4n) is 3.34. The second-order valence-corrected chi connectivity index (χ2v) is 10.5. The first-order valence-corrected chi connectivity index (χ1v) is 12.0. The molecule has 2 aromatic rings. The number of hydrazone groups is 1. The molecule has 0 fully saturated rings. The van der Waals surface area contributed by atoms with Crippen molar-refractivity contribution in [1.29, 1.82) is 0 Å². The summed E-state index contributed by atoms with van der Waals surface area (Å²) in [7, 11) is -3.86. The van der Waals surface area contributed by atoms with Gasteiger partial charge >= 0.3 is 0 Å². The minimum Gasteiger partial charge on any atom is -0.454 e. The van der Waals surface area contributed by atoms with Gasteiger partial charge in [-0.15, -0.1) is 4.40 Å². The number of hydrogen-bond donors (Lipinski definition) is 1. The van der Waals surface area contributed by atoms with Gasteiger partial charge in [0.05, 0.1) is 17.8 Å². The minimum atomic E-state index is -3.86. The number of nitrogens with one attached hydrogen (secondary N) is 1. The van der Waals surface area contributed by atoms with Gasteiger partial charge in [0.15, 0.2) is 17.3 Å². The summed E-state index contributed by atoms with van der Waals surface area (Å²) in [6.07, 6.45) is 1.55. The summed E-state index contributed by atoms with van der Waals surface area (Å²) in [5, 5.41) is 9.11. The van der Waals surface area contributed by atoms with Crippen LogP contribution in [0.15, 0.2) is 50.8 Å². The van der Waals surface area contributed by atoms with Crippen molar-refractivity contribution in [3.63, 3.8) is 0 Å². The van der Waals surface area contributed by atoms with E-state index in [2.05, 4.69) is 14.8 Å². The van der Waals surface area contributed by atoms with Crippen LogP contribution in [-0.4, -0.2) is 50.3 Å². The van der Waals surface area contributed by atoms with E-state index in [-0.39, 0.29) is 36.4 Å². The van der Waals surface area contributed by atoms with Gasteiger partial charge in [0.1, 0.15) is 4.90 Å². The van der Waals surface area contributed by atoms with Crippen LogP contribution in [0.4, 0.5) is 0 Å². The number of rotatable bonds is 5. The van der Waals surface area contributed by atoms with E-state index in [0.717, 1.165) is 0 Å². The molecule has 2 aliphatic rings. The molecule has 0 bridgehead atoms. The highest BCUT2D eigenvalue weighted by atomic mass is 35.5. The summed E-state index contributed by atoms with van der Waals surface area (Å²) >= 11 is 6.34. The maximum Gasteiger partial charge on any atom is 0.285 e. The van der Waals surface area contributed by atoms with Crippen LogP contribution in [0, 0.1) is 0 Å². The molecule has 0 unspecified atom stereocenters. The van der Waals surface area contributed by atoms with Crippen molar-refractivity contribution in [1.82, 2.24) is 10.3 Å². The summed E-state index contributed by atoms with van der Waals surface area (Å²) in [5.74, 6) is 1.01. The zero-order chi connectivity index (χ0) is 23.8. The van der Waals surface area contributed by atoms with Gasteiger partial charge in [-0.3, -0.25) is 4.79 Å². The van der Waals surface area contributed by atoms with Crippen LogP contribution in [0.3, 0.4) is 0 Å². The Morgan fingerprint density at radius 1 is 1.24 bits per heavy atom. The summed E-state index contributed by atoms with van der Waals surface area (Å²) in [6, 6.07) is 9.80. The molecular weight excluding hydrogens is 468 g/mol. The highest BCUT2D eigenvalue weighted by molar-refractivity contribution is 7.90. The molecule has 0 aromatic heterocycles. The quantitative estimate of drug-likeness (QED) is 0.509. The third-order valence-corrected chi connectivity index (χ3v) is 6.40. The molecule has 0 atom stereocenters. The van der Waals surface area contributed by atoms with Gasteiger partial charge in [0, 0.05) is 29.2 Å². The number of amidine groups is 1. The minimum absolute atomic E-state index is 0.0741. The molecule has 11 heteroatoms. The number of fused-ring (bicyclic) bond motifs is 2. The fraction of sp³-hybridized carbons (Fsp3) is 0.318. The lowest BCUT2D eigenvalue weighted by Gasteiger charge is -2.22. The predicted octanol–water partition coefficient (Wildman–Crippen LogP) is 3.16. The van der Waals surface area contributed by atoms with Gasteiger partial charge in [0.25, 0.3) is 10.0 Å². The van der Waals surface area contributed by atoms with Gasteiger partial charge in [-0.2, -0.15) is 13.5 Å². The highest BCUT2D eigenvalue weighted by Gasteiger charge is 2.32. The lowest BCUT2D eigenvalue weighted by Crippen LogP contribution is -2.42. The number of carbonyl (C=O) groups is 1. The van der Waals surface area contributed by atoms with E-state index in [1.807, 2.05) is 20.8 Å². The molecule has 2 heterocycles. The Morgan fingerprint density at radius 3 is 2.67 bits per heavy atom. The third kappa shape index (κ3) is 5.12. The second-order valence-electron chi connectivity index (χ2n) is 8.53. The van der Waals surface area contributed by atoms with Crippen molar-refractivity contribution in [2.24, 2.45) is 9.50 Å². The molecule has 2 aromatic carbocycles. The zero-order valence-corrected chi connectivity index (χ0v) is 19.9. The molecule has 2 aliphatic heterocycles. The van der Waals surface area contributed by atoms with E-state index in [4.69, 9.17) is 21.1 Å². The van der Waals surface area contributed by atoms with Crippen LogP contribution in [0.1, 0.15) is 38.3 Å². The number of halogens is 1. The molecule has 1 amide bonds. The van der Waals surface area contributed by atoms with E-state index >= 15 is 0 Å². The van der Waals surface area contributed by atoms with Gasteiger partial charge in [0.2, 0.25) is 12.7 Å². The number of hydrogen-bond acceptors (Lipinski definition) is 7. The summed E-state index contributed by atoms with van der Waals surface area (Å²) in [5.41, 5.74) is 0.564. The number of carbonyl (C=O) groups excluding carboxylic acids is 1. The van der Waals surface area contributed by atoms with Crippen LogP contribution < -0.4 is 14.8 Å². The Labute approximate surface area is 197 Å². The van der Waals surface area contributed by atoms with Crippen molar-refractivity contribution in [3.8, 4) is 11.5 Å². The molecule has 0 spiro atoms. The van der Waals surface area contributed by atoms with Crippen LogP contribution in [-0.2, 0) is 14.8 Å². The van der Waals surface area contributed by atoms with Crippen LogP contribution in [0.2, 0.25) is 5.02 Å². The molecule has 0 saturated carbocycles. The number of benzene rings is 2. The van der Waals surface area contributed by atoms with Crippen molar-refractivity contribution >= 4 is 39.6 Å². The first kappa shape index (κ1) is 23.1. The largest absolute Gasteiger partial charge is 0.454 e. The van der Waals surface area contributed by atoms with Crippen molar-refractivity contribution < 1.29 is 22.7 Å². The van der Waals surface area contributed by atoms with E-state index in [0.29, 0.717) is 27.6 Å². The average molecular weight is 491 g/mol. The smallest absolute Gasteiger partial charge is 0.285 e. The van der Waals surface area contributed by atoms with Gasteiger partial charge in [-0.25, -0.2) is 5.01 Å². The van der Waals surface area contributed by atoms with E-state index < -0.39 is 15.6 Å². The topological polar surface area (TPSA) is 110 Å². The molecule has 174 valence electrons. The van der Waals surface area contributed by atoms with Crippen LogP contribution >= 0.6 is 11.6 Å². The number of nitrogens with zero attached hydrogens (tertiary/aromatic N) is 3. The Morgan fingerprint density at radius 2 is 1.94 bits per heavy atom. The van der Waals surface area contributed by atoms with Gasteiger partial charge < -0.3 is 14.8 Å².